The van der Waals surface area contributed by atoms with Gasteiger partial charge in [0.15, 0.2) is 0 Å². The Morgan fingerprint density at radius 1 is 1.38 bits per heavy atom. The third kappa shape index (κ3) is 4.95. The molecule has 114 valence electrons. The van der Waals surface area contributed by atoms with Crippen LogP contribution in [0.25, 0.3) is 5.65 Å². The number of nitrogens with one attached hydrogen (secondary N) is 1. The van der Waals surface area contributed by atoms with Crippen molar-refractivity contribution >= 4 is 5.65 Å². The van der Waals surface area contributed by atoms with E-state index in [1.165, 1.54) is 0 Å². The van der Waals surface area contributed by atoms with Gasteiger partial charge >= 0.3 is 0 Å². The number of fused-ring (bicyclic) bond motifs is 1. The topological polar surface area (TPSA) is 55.6 Å². The molecule has 21 heavy (non-hydrogen) atoms. The Morgan fingerprint density at radius 3 is 3.05 bits per heavy atom. The summed E-state index contributed by atoms with van der Waals surface area (Å²) in [4.78, 5) is 16.4. The number of ether oxygens (including phenoxy) is 1. The molecule has 0 aliphatic carbocycles. The van der Waals surface area contributed by atoms with Gasteiger partial charge in [-0.1, -0.05) is 19.9 Å². The highest BCUT2D eigenvalue weighted by Crippen LogP contribution is 1.98. The largest absolute Gasteiger partial charge is 0.381 e. The van der Waals surface area contributed by atoms with E-state index < -0.39 is 0 Å². The first kappa shape index (κ1) is 15.7. The van der Waals surface area contributed by atoms with Crippen LogP contribution in [-0.2, 0) is 11.3 Å². The standard InChI is InChI=1S/C16H23N3O2/c1-13(2)12-21-9-5-7-17-11-14-10-16(20)19-8-4-3-6-15(19)18-14/h3-4,6,8,10,13,17H,5,7,9,11-12H2,1-2H3. The first-order valence-corrected chi connectivity index (χ1v) is 7.42. The first-order chi connectivity index (χ1) is 10.2. The van der Waals surface area contributed by atoms with Crippen LogP contribution in [0.4, 0.5) is 0 Å². The second-order valence-corrected chi connectivity index (χ2v) is 5.51. The molecule has 0 saturated heterocycles. The summed E-state index contributed by atoms with van der Waals surface area (Å²) < 4.78 is 7.06. The van der Waals surface area contributed by atoms with E-state index in [1.54, 1.807) is 16.7 Å². The average Bonchev–Trinajstić information content (AvgIpc) is 2.46. The number of pyridine rings is 1. The lowest BCUT2D eigenvalue weighted by molar-refractivity contribution is 0.108. The van der Waals surface area contributed by atoms with E-state index in [4.69, 9.17) is 4.74 Å². The molecule has 0 amide bonds. The summed E-state index contributed by atoms with van der Waals surface area (Å²) in [6.45, 7) is 7.31. The number of hydrogen-bond donors (Lipinski definition) is 1. The maximum atomic E-state index is 11.9. The number of nitrogens with zero attached hydrogens (tertiary/aromatic N) is 2. The molecule has 2 heterocycles. The van der Waals surface area contributed by atoms with Gasteiger partial charge < -0.3 is 10.1 Å². The monoisotopic (exact) mass is 289 g/mol. The van der Waals surface area contributed by atoms with Gasteiger partial charge in [0.1, 0.15) is 5.65 Å². The van der Waals surface area contributed by atoms with Crippen LogP contribution in [0.1, 0.15) is 26.0 Å². The summed E-state index contributed by atoms with van der Waals surface area (Å²) in [5, 5.41) is 3.29. The second kappa shape index (κ2) is 7.90. The Labute approximate surface area is 125 Å². The van der Waals surface area contributed by atoms with Crippen LogP contribution in [0.3, 0.4) is 0 Å². The SMILES string of the molecule is CC(C)COCCCNCc1cc(=O)n2ccccc2n1. The minimum absolute atomic E-state index is 0.0438. The van der Waals surface area contributed by atoms with Gasteiger partial charge in [0.05, 0.1) is 5.69 Å². The van der Waals surface area contributed by atoms with E-state index in [1.807, 2.05) is 18.2 Å². The first-order valence-electron chi connectivity index (χ1n) is 7.42. The highest BCUT2D eigenvalue weighted by Gasteiger charge is 2.01. The van der Waals surface area contributed by atoms with Gasteiger partial charge in [-0.25, -0.2) is 4.98 Å². The van der Waals surface area contributed by atoms with Crippen LogP contribution >= 0.6 is 0 Å². The van der Waals surface area contributed by atoms with Gasteiger partial charge in [0.25, 0.3) is 5.56 Å². The Kier molecular flexibility index (Phi) is 5.90. The van der Waals surface area contributed by atoms with Crippen LogP contribution in [0.2, 0.25) is 0 Å². The third-order valence-corrected chi connectivity index (χ3v) is 3.02. The number of aromatic nitrogens is 2. The van der Waals surface area contributed by atoms with Crippen LogP contribution in [0, 0.1) is 5.92 Å². The van der Waals surface area contributed by atoms with E-state index in [9.17, 15) is 4.79 Å². The molecule has 0 radical (unpaired) electrons. The Hall–Kier alpha value is -1.72. The van der Waals surface area contributed by atoms with Crippen molar-refractivity contribution in [3.8, 4) is 0 Å². The molecule has 0 aliphatic heterocycles. The molecule has 0 aliphatic rings. The quantitative estimate of drug-likeness (QED) is 0.754. The van der Waals surface area contributed by atoms with E-state index in [-0.39, 0.29) is 5.56 Å². The van der Waals surface area contributed by atoms with Crippen molar-refractivity contribution in [1.29, 1.82) is 0 Å². The fourth-order valence-corrected chi connectivity index (χ4v) is 2.03. The van der Waals surface area contributed by atoms with Gasteiger partial charge in [-0.3, -0.25) is 9.20 Å². The molecule has 2 aromatic rings. The maximum Gasteiger partial charge on any atom is 0.258 e. The Morgan fingerprint density at radius 2 is 2.24 bits per heavy atom. The van der Waals surface area contributed by atoms with Gasteiger partial charge in [0.2, 0.25) is 0 Å². The minimum atomic E-state index is -0.0438. The molecule has 0 aromatic carbocycles. The normalized spacial score (nSPS) is 11.4. The van der Waals surface area contributed by atoms with Crippen molar-refractivity contribution in [2.75, 3.05) is 19.8 Å². The smallest absolute Gasteiger partial charge is 0.258 e. The lowest BCUT2D eigenvalue weighted by Crippen LogP contribution is -2.21. The van der Waals surface area contributed by atoms with Crippen molar-refractivity contribution < 1.29 is 4.74 Å². The van der Waals surface area contributed by atoms with Crippen molar-refractivity contribution in [1.82, 2.24) is 14.7 Å². The zero-order chi connectivity index (χ0) is 15.1. The van der Waals surface area contributed by atoms with Crippen LogP contribution in [-0.4, -0.2) is 29.1 Å². The predicted molar refractivity (Wildman–Crippen MR) is 83.4 cm³/mol. The molecule has 5 heteroatoms. The van der Waals surface area contributed by atoms with Crippen molar-refractivity contribution in [3.05, 3.63) is 46.5 Å². The average molecular weight is 289 g/mol. The lowest BCUT2D eigenvalue weighted by atomic mass is 10.2. The summed E-state index contributed by atoms with van der Waals surface area (Å²) in [6.07, 6.45) is 2.69. The van der Waals surface area contributed by atoms with Crippen LogP contribution in [0.15, 0.2) is 35.3 Å². The molecular weight excluding hydrogens is 266 g/mol. The summed E-state index contributed by atoms with van der Waals surface area (Å²) in [5.41, 5.74) is 1.41. The van der Waals surface area contributed by atoms with Crippen LogP contribution in [0.5, 0.6) is 0 Å². The summed E-state index contributed by atoms with van der Waals surface area (Å²) in [6, 6.07) is 7.12. The fourth-order valence-electron chi connectivity index (χ4n) is 2.03. The van der Waals surface area contributed by atoms with Crippen molar-refractivity contribution in [2.45, 2.75) is 26.8 Å². The van der Waals surface area contributed by atoms with Gasteiger partial charge in [0, 0.05) is 32.0 Å². The molecule has 2 rings (SSSR count). The zero-order valence-electron chi connectivity index (χ0n) is 12.7. The molecule has 0 fully saturated rings. The molecule has 0 bridgehead atoms. The molecule has 0 unspecified atom stereocenters. The Bertz CT molecular complexity index is 622. The summed E-state index contributed by atoms with van der Waals surface area (Å²) >= 11 is 0. The highest BCUT2D eigenvalue weighted by molar-refractivity contribution is 5.37. The van der Waals surface area contributed by atoms with E-state index in [2.05, 4.69) is 24.1 Å². The van der Waals surface area contributed by atoms with Gasteiger partial charge in [-0.2, -0.15) is 0 Å². The zero-order valence-corrected chi connectivity index (χ0v) is 12.7. The molecule has 0 spiro atoms. The highest BCUT2D eigenvalue weighted by atomic mass is 16.5. The molecule has 0 atom stereocenters. The molecule has 1 N–H and O–H groups in total. The van der Waals surface area contributed by atoms with E-state index in [0.717, 1.165) is 31.9 Å². The van der Waals surface area contributed by atoms with Crippen LogP contribution < -0.4 is 10.9 Å². The number of hydrogen-bond acceptors (Lipinski definition) is 4. The van der Waals surface area contributed by atoms with E-state index >= 15 is 0 Å². The van der Waals surface area contributed by atoms with Crippen molar-refractivity contribution in [3.63, 3.8) is 0 Å². The van der Waals surface area contributed by atoms with Crippen molar-refractivity contribution in [2.24, 2.45) is 5.92 Å². The lowest BCUT2D eigenvalue weighted by Gasteiger charge is -2.08. The predicted octanol–water partition coefficient (Wildman–Crippen LogP) is 1.85. The number of rotatable bonds is 8. The molecule has 0 saturated carbocycles. The molecule has 2 aromatic heterocycles. The summed E-state index contributed by atoms with van der Waals surface area (Å²) in [5.74, 6) is 0.577. The summed E-state index contributed by atoms with van der Waals surface area (Å²) in [7, 11) is 0. The maximum absolute atomic E-state index is 11.9. The third-order valence-electron chi connectivity index (χ3n) is 3.02. The van der Waals surface area contributed by atoms with Gasteiger partial charge in [-0.15, -0.1) is 0 Å². The fraction of sp³-hybridized carbons (Fsp3) is 0.500. The minimum Gasteiger partial charge on any atom is -0.381 e. The Balaban J connectivity index is 1.78. The van der Waals surface area contributed by atoms with E-state index in [0.29, 0.717) is 18.1 Å². The second-order valence-electron chi connectivity index (χ2n) is 5.51. The molecular formula is C16H23N3O2. The molecule has 5 nitrogen and oxygen atoms in total. The van der Waals surface area contributed by atoms with Gasteiger partial charge in [-0.05, 0) is 31.0 Å².